The summed E-state index contributed by atoms with van der Waals surface area (Å²) in [5, 5.41) is 0. The summed E-state index contributed by atoms with van der Waals surface area (Å²) in [6.07, 6.45) is 2.13. The molecule has 0 aromatic heterocycles. The SMILES string of the molecule is NCc1ccc(C(=O)C2CC2)cc1. The molecule has 0 radical (unpaired) electrons. The van der Waals surface area contributed by atoms with Crippen LogP contribution in [0.3, 0.4) is 0 Å². The Morgan fingerprint density at radius 2 is 1.92 bits per heavy atom. The van der Waals surface area contributed by atoms with E-state index in [1.807, 2.05) is 24.3 Å². The molecule has 2 heteroatoms. The standard InChI is InChI=1S/C11H13NO/c12-7-8-1-3-9(4-2-8)11(13)10-5-6-10/h1-4,10H,5-7,12H2. The number of hydrogen-bond donors (Lipinski definition) is 1. The highest BCUT2D eigenvalue weighted by Gasteiger charge is 2.30. The van der Waals surface area contributed by atoms with E-state index in [2.05, 4.69) is 0 Å². The fourth-order valence-corrected chi connectivity index (χ4v) is 1.39. The molecule has 0 atom stereocenters. The van der Waals surface area contributed by atoms with E-state index in [-0.39, 0.29) is 0 Å². The molecule has 2 N–H and O–H groups in total. The molecule has 0 bridgehead atoms. The number of Topliss-reactive ketones (excluding diaryl/α,β-unsaturated/α-hetero) is 1. The zero-order valence-corrected chi connectivity index (χ0v) is 7.49. The van der Waals surface area contributed by atoms with Gasteiger partial charge in [-0.05, 0) is 18.4 Å². The largest absolute Gasteiger partial charge is 0.326 e. The van der Waals surface area contributed by atoms with Crippen molar-refractivity contribution in [2.24, 2.45) is 11.7 Å². The van der Waals surface area contributed by atoms with E-state index in [9.17, 15) is 4.79 Å². The van der Waals surface area contributed by atoms with Gasteiger partial charge >= 0.3 is 0 Å². The first-order valence-corrected chi connectivity index (χ1v) is 4.64. The van der Waals surface area contributed by atoms with Gasteiger partial charge in [0, 0.05) is 18.0 Å². The van der Waals surface area contributed by atoms with Gasteiger partial charge in [0.2, 0.25) is 0 Å². The van der Waals surface area contributed by atoms with Gasteiger partial charge in [-0.25, -0.2) is 0 Å². The van der Waals surface area contributed by atoms with E-state index >= 15 is 0 Å². The molecule has 2 rings (SSSR count). The molecule has 68 valence electrons. The van der Waals surface area contributed by atoms with Gasteiger partial charge in [0.15, 0.2) is 5.78 Å². The number of rotatable bonds is 3. The van der Waals surface area contributed by atoms with Crippen LogP contribution in [-0.4, -0.2) is 5.78 Å². The molecule has 2 nitrogen and oxygen atoms in total. The highest BCUT2D eigenvalue weighted by atomic mass is 16.1. The van der Waals surface area contributed by atoms with Gasteiger partial charge < -0.3 is 5.73 Å². The van der Waals surface area contributed by atoms with Crippen molar-refractivity contribution in [3.63, 3.8) is 0 Å². The fraction of sp³-hybridized carbons (Fsp3) is 0.364. The molecule has 0 spiro atoms. The summed E-state index contributed by atoms with van der Waals surface area (Å²) < 4.78 is 0. The van der Waals surface area contributed by atoms with Crippen LogP contribution in [0.25, 0.3) is 0 Å². The molecule has 0 unspecified atom stereocenters. The summed E-state index contributed by atoms with van der Waals surface area (Å²) in [5.41, 5.74) is 7.37. The topological polar surface area (TPSA) is 43.1 Å². The van der Waals surface area contributed by atoms with Gasteiger partial charge in [-0.15, -0.1) is 0 Å². The van der Waals surface area contributed by atoms with Crippen molar-refractivity contribution in [3.8, 4) is 0 Å². The van der Waals surface area contributed by atoms with Crippen LogP contribution in [-0.2, 0) is 6.54 Å². The number of carbonyl (C=O) groups is 1. The molecule has 1 aromatic carbocycles. The lowest BCUT2D eigenvalue weighted by molar-refractivity contribution is 0.0967. The summed E-state index contributed by atoms with van der Waals surface area (Å²) in [4.78, 5) is 11.6. The van der Waals surface area contributed by atoms with E-state index in [0.717, 1.165) is 24.0 Å². The molecule has 1 aromatic rings. The number of benzene rings is 1. The molecule has 1 aliphatic rings. The second-order valence-corrected chi connectivity index (χ2v) is 3.54. The van der Waals surface area contributed by atoms with Crippen molar-refractivity contribution in [1.29, 1.82) is 0 Å². The number of hydrogen-bond acceptors (Lipinski definition) is 2. The molecular formula is C11H13NO. The van der Waals surface area contributed by atoms with Gasteiger partial charge in [0.25, 0.3) is 0 Å². The Hall–Kier alpha value is -1.15. The third-order valence-corrected chi connectivity index (χ3v) is 2.42. The number of ketones is 1. The van der Waals surface area contributed by atoms with Crippen molar-refractivity contribution < 1.29 is 4.79 Å². The van der Waals surface area contributed by atoms with Crippen LogP contribution in [0.5, 0.6) is 0 Å². The Balaban J connectivity index is 2.16. The van der Waals surface area contributed by atoms with Gasteiger partial charge in [-0.2, -0.15) is 0 Å². The molecular weight excluding hydrogens is 162 g/mol. The Labute approximate surface area is 77.8 Å². The zero-order valence-electron chi connectivity index (χ0n) is 7.49. The van der Waals surface area contributed by atoms with Crippen LogP contribution in [0, 0.1) is 5.92 Å². The highest BCUT2D eigenvalue weighted by Crippen LogP contribution is 2.32. The molecule has 1 aliphatic carbocycles. The molecule has 13 heavy (non-hydrogen) atoms. The average molecular weight is 175 g/mol. The van der Waals surface area contributed by atoms with Crippen LogP contribution in [0.1, 0.15) is 28.8 Å². The monoisotopic (exact) mass is 175 g/mol. The van der Waals surface area contributed by atoms with Crippen molar-refractivity contribution in [1.82, 2.24) is 0 Å². The van der Waals surface area contributed by atoms with Crippen LogP contribution in [0.15, 0.2) is 24.3 Å². The number of nitrogens with two attached hydrogens (primary N) is 1. The second-order valence-electron chi connectivity index (χ2n) is 3.54. The van der Waals surface area contributed by atoms with E-state index in [4.69, 9.17) is 5.73 Å². The van der Waals surface area contributed by atoms with E-state index in [0.29, 0.717) is 18.2 Å². The van der Waals surface area contributed by atoms with Crippen molar-refractivity contribution in [2.45, 2.75) is 19.4 Å². The third kappa shape index (κ3) is 1.78. The Kier molecular flexibility index (Phi) is 2.15. The van der Waals surface area contributed by atoms with Crippen LogP contribution < -0.4 is 5.73 Å². The molecule has 0 heterocycles. The van der Waals surface area contributed by atoms with Crippen molar-refractivity contribution >= 4 is 5.78 Å². The highest BCUT2D eigenvalue weighted by molar-refractivity contribution is 5.99. The second kappa shape index (κ2) is 3.30. The lowest BCUT2D eigenvalue weighted by Gasteiger charge is -2.00. The van der Waals surface area contributed by atoms with Crippen LogP contribution in [0.2, 0.25) is 0 Å². The van der Waals surface area contributed by atoms with Crippen LogP contribution >= 0.6 is 0 Å². The quantitative estimate of drug-likeness (QED) is 0.711. The predicted molar refractivity (Wildman–Crippen MR) is 51.4 cm³/mol. The lowest BCUT2D eigenvalue weighted by Crippen LogP contribution is -2.02. The summed E-state index contributed by atoms with van der Waals surface area (Å²) in [7, 11) is 0. The maximum Gasteiger partial charge on any atom is 0.165 e. The minimum absolute atomic E-state index is 0.295. The molecule has 0 aliphatic heterocycles. The minimum atomic E-state index is 0.295. The van der Waals surface area contributed by atoms with E-state index in [1.54, 1.807) is 0 Å². The van der Waals surface area contributed by atoms with Crippen LogP contribution in [0.4, 0.5) is 0 Å². The van der Waals surface area contributed by atoms with Gasteiger partial charge in [0.05, 0.1) is 0 Å². The first-order valence-electron chi connectivity index (χ1n) is 4.64. The lowest BCUT2D eigenvalue weighted by atomic mass is 10.1. The maximum absolute atomic E-state index is 11.6. The normalized spacial score (nSPS) is 15.8. The van der Waals surface area contributed by atoms with E-state index in [1.165, 1.54) is 0 Å². The van der Waals surface area contributed by atoms with Crippen molar-refractivity contribution in [3.05, 3.63) is 35.4 Å². The van der Waals surface area contributed by atoms with Gasteiger partial charge in [-0.1, -0.05) is 24.3 Å². The average Bonchev–Trinajstić information content (AvgIpc) is 3.00. The maximum atomic E-state index is 11.6. The van der Waals surface area contributed by atoms with E-state index < -0.39 is 0 Å². The van der Waals surface area contributed by atoms with Crippen molar-refractivity contribution in [2.75, 3.05) is 0 Å². The zero-order chi connectivity index (χ0) is 9.26. The summed E-state index contributed by atoms with van der Waals surface area (Å²) in [5.74, 6) is 0.604. The Morgan fingerprint density at radius 3 is 2.38 bits per heavy atom. The predicted octanol–water partition coefficient (Wildman–Crippen LogP) is 1.74. The van der Waals surface area contributed by atoms with Gasteiger partial charge in [0.1, 0.15) is 0 Å². The third-order valence-electron chi connectivity index (χ3n) is 2.42. The fourth-order valence-electron chi connectivity index (χ4n) is 1.39. The first kappa shape index (κ1) is 8.45. The summed E-state index contributed by atoms with van der Waals surface area (Å²) in [6.45, 7) is 0.540. The molecule has 0 saturated heterocycles. The smallest absolute Gasteiger partial charge is 0.165 e. The summed E-state index contributed by atoms with van der Waals surface area (Å²) in [6, 6.07) is 7.61. The Morgan fingerprint density at radius 1 is 1.31 bits per heavy atom. The molecule has 1 fully saturated rings. The summed E-state index contributed by atoms with van der Waals surface area (Å²) >= 11 is 0. The first-order chi connectivity index (χ1) is 6.31. The Bertz CT molecular complexity index is 311. The molecule has 0 amide bonds. The minimum Gasteiger partial charge on any atom is -0.326 e. The molecule has 1 saturated carbocycles. The number of carbonyl (C=O) groups excluding carboxylic acids is 1. The van der Waals surface area contributed by atoms with Gasteiger partial charge in [-0.3, -0.25) is 4.79 Å².